The summed E-state index contributed by atoms with van der Waals surface area (Å²) in [5.41, 5.74) is 3.66. The van der Waals surface area contributed by atoms with Crippen LogP contribution in [0.4, 0.5) is 5.69 Å². The Kier molecular flexibility index (Phi) is 1.82. The largest absolute Gasteiger partial charge is 0.478 e. The number of nitrogens with one attached hydrogen (secondary N) is 1. The lowest BCUT2D eigenvalue weighted by atomic mass is 9.87. The van der Waals surface area contributed by atoms with E-state index in [0.717, 1.165) is 24.0 Å². The molecular formula is C14H14N2O2. The molecule has 2 aromatic rings. The summed E-state index contributed by atoms with van der Waals surface area (Å²) >= 11 is 0. The number of hydrogen-bond donors (Lipinski definition) is 2. The Morgan fingerprint density at radius 2 is 2.11 bits per heavy atom. The van der Waals surface area contributed by atoms with E-state index in [9.17, 15) is 9.90 Å². The summed E-state index contributed by atoms with van der Waals surface area (Å²) < 4.78 is 0. The number of nitrogens with zero attached hydrogens (tertiary/aromatic N) is 1. The maximum Gasteiger partial charge on any atom is 0.337 e. The van der Waals surface area contributed by atoms with Crippen molar-refractivity contribution in [2.24, 2.45) is 0 Å². The van der Waals surface area contributed by atoms with Gasteiger partial charge in [-0.25, -0.2) is 4.79 Å². The Labute approximate surface area is 104 Å². The summed E-state index contributed by atoms with van der Waals surface area (Å²) in [6.07, 6.45) is 2.37. The first-order valence-electron chi connectivity index (χ1n) is 6.38. The van der Waals surface area contributed by atoms with Crippen molar-refractivity contribution in [2.75, 3.05) is 18.0 Å². The van der Waals surface area contributed by atoms with Crippen molar-refractivity contribution in [1.82, 2.24) is 4.98 Å². The third-order valence-electron chi connectivity index (χ3n) is 4.28. The van der Waals surface area contributed by atoms with Gasteiger partial charge < -0.3 is 15.0 Å². The van der Waals surface area contributed by atoms with Crippen molar-refractivity contribution in [3.8, 4) is 0 Å². The molecule has 0 aliphatic carbocycles. The van der Waals surface area contributed by atoms with Crippen molar-refractivity contribution in [2.45, 2.75) is 18.8 Å². The number of benzene rings is 1. The summed E-state index contributed by atoms with van der Waals surface area (Å²) in [6.45, 7) is 2.20. The first-order chi connectivity index (χ1) is 8.75. The van der Waals surface area contributed by atoms with E-state index < -0.39 is 5.97 Å². The Bertz CT molecular complexity index is 651. The third kappa shape index (κ3) is 1.12. The Morgan fingerprint density at radius 3 is 2.83 bits per heavy atom. The molecule has 0 spiro atoms. The molecule has 0 atom stereocenters. The number of carbonyl (C=O) groups is 1. The van der Waals surface area contributed by atoms with Crippen molar-refractivity contribution >= 4 is 22.6 Å². The molecule has 3 aliphatic rings. The smallest absolute Gasteiger partial charge is 0.337 e. The number of hydrogen-bond acceptors (Lipinski definition) is 2. The molecular weight excluding hydrogens is 228 g/mol. The number of para-hydroxylation sites is 1. The topological polar surface area (TPSA) is 56.3 Å². The molecule has 0 radical (unpaired) electrons. The molecule has 1 aromatic carbocycles. The van der Waals surface area contributed by atoms with Gasteiger partial charge in [0.15, 0.2) is 0 Å². The van der Waals surface area contributed by atoms with Crippen LogP contribution in [0.1, 0.15) is 34.8 Å². The maximum absolute atomic E-state index is 11.3. The van der Waals surface area contributed by atoms with Gasteiger partial charge in [0, 0.05) is 30.1 Å². The van der Waals surface area contributed by atoms with Crippen LogP contribution < -0.4 is 4.90 Å². The van der Waals surface area contributed by atoms with Gasteiger partial charge in [-0.05, 0) is 18.9 Å². The number of aromatic carboxylic acids is 1. The van der Waals surface area contributed by atoms with Gasteiger partial charge in [-0.3, -0.25) is 0 Å². The highest BCUT2D eigenvalue weighted by Crippen LogP contribution is 2.46. The summed E-state index contributed by atoms with van der Waals surface area (Å²) in [6, 6.07) is 5.53. The zero-order valence-corrected chi connectivity index (χ0v) is 9.94. The van der Waals surface area contributed by atoms with E-state index in [2.05, 4.69) is 9.88 Å². The summed E-state index contributed by atoms with van der Waals surface area (Å²) in [7, 11) is 0. The highest BCUT2D eigenvalue weighted by Gasteiger charge is 2.34. The monoisotopic (exact) mass is 242 g/mol. The molecule has 5 rings (SSSR count). The SMILES string of the molecule is O=C(O)c1cccc2c3c([nH]c12)C1CCN3CC1. The molecule has 0 amide bonds. The van der Waals surface area contributed by atoms with Gasteiger partial charge in [0.05, 0.1) is 16.8 Å². The van der Waals surface area contributed by atoms with E-state index in [1.807, 2.05) is 12.1 Å². The number of carboxylic acids is 1. The number of anilines is 1. The van der Waals surface area contributed by atoms with Gasteiger partial charge in [-0.2, -0.15) is 0 Å². The zero-order chi connectivity index (χ0) is 12.3. The summed E-state index contributed by atoms with van der Waals surface area (Å²) in [4.78, 5) is 17.0. The minimum atomic E-state index is -0.860. The minimum Gasteiger partial charge on any atom is -0.478 e. The number of H-pyrrole nitrogens is 1. The highest BCUT2D eigenvalue weighted by atomic mass is 16.4. The normalized spacial score (nSPS) is 18.3. The van der Waals surface area contributed by atoms with Gasteiger partial charge in [-0.1, -0.05) is 12.1 Å². The second kappa shape index (κ2) is 3.28. The molecule has 0 saturated carbocycles. The van der Waals surface area contributed by atoms with E-state index >= 15 is 0 Å². The second-order valence-electron chi connectivity index (χ2n) is 5.18. The number of carboxylic acid groups (broad SMARTS) is 1. The van der Waals surface area contributed by atoms with E-state index in [-0.39, 0.29) is 0 Å². The molecule has 4 heteroatoms. The van der Waals surface area contributed by atoms with Crippen LogP contribution in [0.15, 0.2) is 18.2 Å². The van der Waals surface area contributed by atoms with Gasteiger partial charge in [-0.15, -0.1) is 0 Å². The number of fused-ring (bicyclic) bond motifs is 3. The number of aromatic amines is 1. The van der Waals surface area contributed by atoms with Crippen LogP contribution in [-0.4, -0.2) is 29.1 Å². The van der Waals surface area contributed by atoms with Crippen molar-refractivity contribution in [3.05, 3.63) is 29.5 Å². The number of aromatic nitrogens is 1. The predicted molar refractivity (Wildman–Crippen MR) is 69.4 cm³/mol. The fraction of sp³-hybridized carbons (Fsp3) is 0.357. The molecule has 3 aliphatic heterocycles. The van der Waals surface area contributed by atoms with Gasteiger partial charge in [0.2, 0.25) is 0 Å². The number of rotatable bonds is 1. The molecule has 2 bridgehead atoms. The lowest BCUT2D eigenvalue weighted by Gasteiger charge is -2.40. The van der Waals surface area contributed by atoms with E-state index in [1.165, 1.54) is 24.2 Å². The quantitative estimate of drug-likeness (QED) is 0.808. The van der Waals surface area contributed by atoms with Crippen LogP contribution >= 0.6 is 0 Å². The summed E-state index contributed by atoms with van der Waals surface area (Å²) in [5.74, 6) is -0.277. The molecule has 1 aromatic heterocycles. The molecule has 0 unspecified atom stereocenters. The Balaban J connectivity index is 2.07. The Hall–Kier alpha value is -1.97. The van der Waals surface area contributed by atoms with E-state index in [4.69, 9.17) is 0 Å². The van der Waals surface area contributed by atoms with Crippen LogP contribution in [0.5, 0.6) is 0 Å². The van der Waals surface area contributed by atoms with Crippen molar-refractivity contribution in [1.29, 1.82) is 0 Å². The van der Waals surface area contributed by atoms with Gasteiger partial charge >= 0.3 is 5.97 Å². The Morgan fingerprint density at radius 1 is 1.33 bits per heavy atom. The van der Waals surface area contributed by atoms with Crippen molar-refractivity contribution < 1.29 is 9.90 Å². The van der Waals surface area contributed by atoms with E-state index in [0.29, 0.717) is 11.5 Å². The molecule has 4 nitrogen and oxygen atoms in total. The fourth-order valence-corrected chi connectivity index (χ4v) is 3.43. The fourth-order valence-electron chi connectivity index (χ4n) is 3.43. The molecule has 1 fully saturated rings. The average Bonchev–Trinajstić information content (AvgIpc) is 2.80. The van der Waals surface area contributed by atoms with Crippen molar-refractivity contribution in [3.63, 3.8) is 0 Å². The molecule has 1 saturated heterocycles. The zero-order valence-electron chi connectivity index (χ0n) is 9.94. The maximum atomic E-state index is 11.3. The molecule has 4 heterocycles. The van der Waals surface area contributed by atoms with E-state index in [1.54, 1.807) is 6.07 Å². The minimum absolute atomic E-state index is 0.377. The first kappa shape index (κ1) is 10.00. The second-order valence-corrected chi connectivity index (χ2v) is 5.18. The molecule has 2 N–H and O–H groups in total. The standard InChI is InChI=1S/C14H14N2O2/c17-14(18)10-3-1-2-9-12(10)15-11-8-4-6-16(7-5-8)13(9)11/h1-3,8,15H,4-7H2,(H,17,18). The summed E-state index contributed by atoms with van der Waals surface area (Å²) in [5, 5.41) is 10.3. The third-order valence-corrected chi connectivity index (χ3v) is 4.28. The highest BCUT2D eigenvalue weighted by molar-refractivity contribution is 6.07. The predicted octanol–water partition coefficient (Wildman–Crippen LogP) is 2.56. The van der Waals surface area contributed by atoms with Crippen LogP contribution in [0, 0.1) is 0 Å². The van der Waals surface area contributed by atoms with Crippen LogP contribution in [-0.2, 0) is 0 Å². The van der Waals surface area contributed by atoms with Crippen LogP contribution in [0.3, 0.4) is 0 Å². The van der Waals surface area contributed by atoms with Crippen LogP contribution in [0.25, 0.3) is 10.9 Å². The lowest BCUT2D eigenvalue weighted by molar-refractivity contribution is 0.0699. The lowest BCUT2D eigenvalue weighted by Crippen LogP contribution is -2.38. The molecule has 92 valence electrons. The van der Waals surface area contributed by atoms with Crippen LogP contribution in [0.2, 0.25) is 0 Å². The van der Waals surface area contributed by atoms with Gasteiger partial charge in [0.25, 0.3) is 0 Å². The average molecular weight is 242 g/mol. The first-order valence-corrected chi connectivity index (χ1v) is 6.38. The molecule has 18 heavy (non-hydrogen) atoms. The number of piperidine rings is 1. The van der Waals surface area contributed by atoms with Gasteiger partial charge in [0.1, 0.15) is 0 Å².